The molecule has 2 heterocycles. The van der Waals surface area contributed by atoms with Gasteiger partial charge in [0, 0.05) is 31.8 Å². The molecule has 0 amide bonds. The molecule has 0 spiro atoms. The third-order valence-corrected chi connectivity index (χ3v) is 2.63. The maximum atomic E-state index is 11.5. The highest BCUT2D eigenvalue weighted by atomic mass is 16.3. The molecule has 2 rings (SSSR count). The fourth-order valence-corrected chi connectivity index (χ4v) is 1.78. The number of aromatic nitrogens is 2. The van der Waals surface area contributed by atoms with E-state index in [2.05, 4.69) is 4.98 Å². The van der Waals surface area contributed by atoms with Crippen molar-refractivity contribution in [1.82, 2.24) is 9.66 Å². The number of nitrogens with two attached hydrogens (primary N) is 1. The molecule has 6 nitrogen and oxygen atoms in total. The lowest BCUT2D eigenvalue weighted by atomic mass is 10.1. The first-order valence-electron chi connectivity index (χ1n) is 4.92. The lowest BCUT2D eigenvalue weighted by molar-refractivity contribution is 0.237. The van der Waals surface area contributed by atoms with Gasteiger partial charge in [0.05, 0.1) is 0 Å². The standard InChI is InChI=1S/C9H14N4O2/c10-8-2-4-13(9(15)11-8)12-3-1-7(5-12)6-14/h2,4,7,14H,1,3,5-6H2,(H2,10,11,15)/t7-/m0/s1. The van der Waals surface area contributed by atoms with Crippen LogP contribution >= 0.6 is 0 Å². The van der Waals surface area contributed by atoms with Gasteiger partial charge in [-0.05, 0) is 12.5 Å². The van der Waals surface area contributed by atoms with Gasteiger partial charge in [-0.2, -0.15) is 4.98 Å². The Morgan fingerprint density at radius 1 is 1.67 bits per heavy atom. The number of hydrogen-bond donors (Lipinski definition) is 2. The van der Waals surface area contributed by atoms with Crippen molar-refractivity contribution in [2.24, 2.45) is 5.92 Å². The van der Waals surface area contributed by atoms with Crippen LogP contribution in [0.25, 0.3) is 0 Å². The predicted octanol–water partition coefficient (Wildman–Crippen LogP) is -1.22. The Morgan fingerprint density at radius 3 is 3.07 bits per heavy atom. The Hall–Kier alpha value is -1.56. The summed E-state index contributed by atoms with van der Waals surface area (Å²) in [5.41, 5.74) is 5.03. The number of nitrogens with zero attached hydrogens (tertiary/aromatic N) is 3. The maximum Gasteiger partial charge on any atom is 0.368 e. The third-order valence-electron chi connectivity index (χ3n) is 2.63. The van der Waals surface area contributed by atoms with Crippen molar-refractivity contribution >= 4 is 5.82 Å². The van der Waals surface area contributed by atoms with Gasteiger partial charge in [0.2, 0.25) is 0 Å². The second-order valence-electron chi connectivity index (χ2n) is 3.73. The molecule has 0 aromatic carbocycles. The van der Waals surface area contributed by atoms with E-state index in [-0.39, 0.29) is 24.0 Å². The van der Waals surface area contributed by atoms with Gasteiger partial charge in [0.15, 0.2) is 0 Å². The second kappa shape index (κ2) is 3.90. The van der Waals surface area contributed by atoms with Crippen LogP contribution in [-0.4, -0.2) is 34.5 Å². The van der Waals surface area contributed by atoms with Crippen LogP contribution in [0.4, 0.5) is 5.82 Å². The summed E-state index contributed by atoms with van der Waals surface area (Å²) in [7, 11) is 0. The molecule has 1 atom stereocenters. The fourth-order valence-electron chi connectivity index (χ4n) is 1.78. The molecule has 1 saturated heterocycles. The highest BCUT2D eigenvalue weighted by Crippen LogP contribution is 2.13. The summed E-state index contributed by atoms with van der Waals surface area (Å²) in [4.78, 5) is 15.1. The normalized spacial score (nSPS) is 20.9. The Labute approximate surface area is 86.9 Å². The van der Waals surface area contributed by atoms with Crippen molar-refractivity contribution in [3.63, 3.8) is 0 Å². The van der Waals surface area contributed by atoms with Crippen molar-refractivity contribution in [2.75, 3.05) is 30.4 Å². The van der Waals surface area contributed by atoms with Crippen LogP contribution < -0.4 is 16.4 Å². The third kappa shape index (κ3) is 1.94. The van der Waals surface area contributed by atoms with Crippen molar-refractivity contribution in [3.8, 4) is 0 Å². The SMILES string of the molecule is Nc1ccn(N2CC[C@H](CO)C2)c(=O)n1. The number of aliphatic hydroxyl groups is 1. The molecule has 3 N–H and O–H groups in total. The van der Waals surface area contributed by atoms with E-state index in [4.69, 9.17) is 10.8 Å². The van der Waals surface area contributed by atoms with E-state index in [0.717, 1.165) is 13.0 Å². The van der Waals surface area contributed by atoms with Gasteiger partial charge in [-0.3, -0.25) is 0 Å². The lowest BCUT2D eigenvalue weighted by Crippen LogP contribution is -2.41. The first-order valence-corrected chi connectivity index (χ1v) is 4.92. The zero-order valence-electron chi connectivity index (χ0n) is 8.33. The number of aliphatic hydroxyl groups excluding tert-OH is 1. The van der Waals surface area contributed by atoms with Crippen molar-refractivity contribution in [1.29, 1.82) is 0 Å². The summed E-state index contributed by atoms with van der Waals surface area (Å²) in [5, 5.41) is 10.9. The average molecular weight is 210 g/mol. The van der Waals surface area contributed by atoms with Gasteiger partial charge >= 0.3 is 5.69 Å². The van der Waals surface area contributed by atoms with E-state index in [1.807, 2.05) is 5.01 Å². The fraction of sp³-hybridized carbons (Fsp3) is 0.556. The second-order valence-corrected chi connectivity index (χ2v) is 3.73. The van der Waals surface area contributed by atoms with E-state index in [1.165, 1.54) is 4.68 Å². The predicted molar refractivity (Wildman–Crippen MR) is 56.1 cm³/mol. The van der Waals surface area contributed by atoms with Crippen molar-refractivity contribution in [3.05, 3.63) is 22.7 Å². The minimum absolute atomic E-state index is 0.160. The quantitative estimate of drug-likeness (QED) is 0.639. The van der Waals surface area contributed by atoms with Gasteiger partial charge in [-0.25, -0.2) is 9.47 Å². The van der Waals surface area contributed by atoms with Gasteiger partial charge in [-0.1, -0.05) is 0 Å². The van der Waals surface area contributed by atoms with Gasteiger partial charge in [-0.15, -0.1) is 0 Å². The lowest BCUT2D eigenvalue weighted by Gasteiger charge is -2.19. The summed E-state index contributed by atoms with van der Waals surface area (Å²) in [5.74, 6) is 0.476. The van der Waals surface area contributed by atoms with Gasteiger partial charge in [0.1, 0.15) is 5.82 Å². The molecule has 0 saturated carbocycles. The van der Waals surface area contributed by atoms with Crippen LogP contribution in [0.2, 0.25) is 0 Å². The molecule has 82 valence electrons. The summed E-state index contributed by atoms with van der Waals surface area (Å²) in [6, 6.07) is 1.59. The largest absolute Gasteiger partial charge is 0.396 e. The van der Waals surface area contributed by atoms with E-state index in [0.29, 0.717) is 6.54 Å². The Kier molecular flexibility index (Phi) is 2.59. The monoisotopic (exact) mass is 210 g/mol. The topological polar surface area (TPSA) is 84.4 Å². The molecule has 15 heavy (non-hydrogen) atoms. The zero-order chi connectivity index (χ0) is 10.8. The van der Waals surface area contributed by atoms with Crippen LogP contribution in [0.5, 0.6) is 0 Å². The summed E-state index contributed by atoms with van der Waals surface area (Å²) < 4.78 is 1.45. The molecule has 1 fully saturated rings. The van der Waals surface area contributed by atoms with Crippen LogP contribution in [0.1, 0.15) is 6.42 Å². The van der Waals surface area contributed by atoms with Crippen LogP contribution in [0.15, 0.2) is 17.1 Å². The van der Waals surface area contributed by atoms with Crippen LogP contribution in [-0.2, 0) is 0 Å². The Morgan fingerprint density at radius 2 is 2.47 bits per heavy atom. The minimum atomic E-state index is -0.367. The highest BCUT2D eigenvalue weighted by molar-refractivity contribution is 5.24. The maximum absolute atomic E-state index is 11.5. The molecule has 0 unspecified atom stereocenters. The first kappa shape index (κ1) is 9.97. The van der Waals surface area contributed by atoms with E-state index in [1.54, 1.807) is 12.3 Å². The molecular weight excluding hydrogens is 196 g/mol. The van der Waals surface area contributed by atoms with Crippen molar-refractivity contribution in [2.45, 2.75) is 6.42 Å². The molecule has 1 aliphatic heterocycles. The van der Waals surface area contributed by atoms with Gasteiger partial charge < -0.3 is 15.8 Å². The van der Waals surface area contributed by atoms with Gasteiger partial charge in [0.25, 0.3) is 0 Å². The van der Waals surface area contributed by atoms with Crippen LogP contribution in [0.3, 0.4) is 0 Å². The number of anilines is 1. The average Bonchev–Trinajstić information content (AvgIpc) is 2.66. The number of hydrogen-bond acceptors (Lipinski definition) is 5. The Bertz CT molecular complexity index is 403. The molecule has 6 heteroatoms. The Balaban J connectivity index is 2.20. The number of rotatable bonds is 2. The van der Waals surface area contributed by atoms with Crippen LogP contribution in [0, 0.1) is 5.92 Å². The van der Waals surface area contributed by atoms with E-state index >= 15 is 0 Å². The highest BCUT2D eigenvalue weighted by Gasteiger charge is 2.22. The molecule has 0 bridgehead atoms. The summed E-state index contributed by atoms with van der Waals surface area (Å²) in [6.45, 7) is 1.60. The van der Waals surface area contributed by atoms with E-state index in [9.17, 15) is 4.79 Å². The first-order chi connectivity index (χ1) is 7.20. The number of nitrogen functional groups attached to an aromatic ring is 1. The molecule has 1 aliphatic rings. The molecule has 1 aromatic heterocycles. The smallest absolute Gasteiger partial charge is 0.368 e. The molecule has 0 radical (unpaired) electrons. The molecular formula is C9H14N4O2. The minimum Gasteiger partial charge on any atom is -0.396 e. The zero-order valence-corrected chi connectivity index (χ0v) is 8.33. The summed E-state index contributed by atoms with van der Waals surface area (Å²) in [6.07, 6.45) is 2.51. The molecule has 1 aromatic rings. The summed E-state index contributed by atoms with van der Waals surface area (Å²) >= 11 is 0. The van der Waals surface area contributed by atoms with Crippen molar-refractivity contribution < 1.29 is 5.11 Å². The van der Waals surface area contributed by atoms with E-state index < -0.39 is 0 Å². The molecule has 0 aliphatic carbocycles.